The Kier molecular flexibility index (Phi) is 8.82. The van der Waals surface area contributed by atoms with E-state index in [4.69, 9.17) is 9.52 Å². The Morgan fingerprint density at radius 1 is 1.17 bits per heavy atom. The van der Waals surface area contributed by atoms with Gasteiger partial charge in [0.1, 0.15) is 5.76 Å². The number of hydrogen-bond acceptors (Lipinski definition) is 4. The zero-order valence-corrected chi connectivity index (χ0v) is 16.4. The summed E-state index contributed by atoms with van der Waals surface area (Å²) in [5.41, 5.74) is 2.16. The molecule has 0 radical (unpaired) electrons. The van der Waals surface area contributed by atoms with E-state index in [2.05, 4.69) is 55.3 Å². The molecule has 1 aromatic heterocycles. The summed E-state index contributed by atoms with van der Waals surface area (Å²) in [6.45, 7) is 18.4. The molecule has 0 fully saturated rings. The SMILES string of the molecule is CCNC(=NCCN(C(C)C)C(C)C)NCCc1c(C)noc1C. The first-order valence-corrected chi connectivity index (χ1v) is 9.06. The molecular weight excluding hydrogens is 302 g/mol. The second-order valence-electron chi connectivity index (χ2n) is 6.67. The van der Waals surface area contributed by atoms with Gasteiger partial charge in [-0.2, -0.15) is 0 Å². The zero-order valence-electron chi connectivity index (χ0n) is 16.4. The topological polar surface area (TPSA) is 65.7 Å². The molecule has 0 unspecified atom stereocenters. The van der Waals surface area contributed by atoms with E-state index in [9.17, 15) is 0 Å². The van der Waals surface area contributed by atoms with Crippen LogP contribution in [0.25, 0.3) is 0 Å². The molecule has 6 nitrogen and oxygen atoms in total. The highest BCUT2D eigenvalue weighted by atomic mass is 16.5. The fourth-order valence-electron chi connectivity index (χ4n) is 2.90. The molecule has 0 bridgehead atoms. The summed E-state index contributed by atoms with van der Waals surface area (Å²) in [5, 5.41) is 10.7. The number of nitrogens with zero attached hydrogens (tertiary/aromatic N) is 3. The van der Waals surface area contributed by atoms with Gasteiger partial charge in [0.05, 0.1) is 12.2 Å². The van der Waals surface area contributed by atoms with Gasteiger partial charge in [0.15, 0.2) is 5.96 Å². The standard InChI is InChI=1S/C18H35N5O/c1-8-19-18(21-11-12-23(13(2)3)14(4)5)20-10-9-17-15(6)22-24-16(17)7/h13-14H,8-12H2,1-7H3,(H2,19,20,21). The van der Waals surface area contributed by atoms with Gasteiger partial charge >= 0.3 is 0 Å². The van der Waals surface area contributed by atoms with Crippen LogP contribution in [0.1, 0.15) is 51.6 Å². The minimum absolute atomic E-state index is 0.537. The Morgan fingerprint density at radius 2 is 1.83 bits per heavy atom. The zero-order chi connectivity index (χ0) is 18.1. The third-order valence-electron chi connectivity index (χ3n) is 4.15. The van der Waals surface area contributed by atoms with Crippen molar-refractivity contribution in [2.24, 2.45) is 4.99 Å². The van der Waals surface area contributed by atoms with Gasteiger partial charge in [-0.15, -0.1) is 0 Å². The van der Waals surface area contributed by atoms with Gasteiger partial charge in [-0.3, -0.25) is 9.89 Å². The third-order valence-corrected chi connectivity index (χ3v) is 4.15. The number of aromatic nitrogens is 1. The monoisotopic (exact) mass is 337 g/mol. The summed E-state index contributed by atoms with van der Waals surface area (Å²) in [5.74, 6) is 1.78. The van der Waals surface area contributed by atoms with E-state index >= 15 is 0 Å². The lowest BCUT2D eigenvalue weighted by molar-refractivity contribution is 0.181. The minimum Gasteiger partial charge on any atom is -0.361 e. The molecule has 138 valence electrons. The maximum absolute atomic E-state index is 5.21. The molecule has 0 spiro atoms. The highest BCUT2D eigenvalue weighted by Crippen LogP contribution is 2.12. The number of rotatable bonds is 9. The molecule has 0 aliphatic heterocycles. The summed E-state index contributed by atoms with van der Waals surface area (Å²) in [7, 11) is 0. The van der Waals surface area contributed by atoms with Crippen molar-refractivity contribution in [1.29, 1.82) is 0 Å². The minimum atomic E-state index is 0.537. The first-order valence-electron chi connectivity index (χ1n) is 9.06. The van der Waals surface area contributed by atoms with E-state index in [1.807, 2.05) is 13.8 Å². The first-order chi connectivity index (χ1) is 11.4. The van der Waals surface area contributed by atoms with E-state index < -0.39 is 0 Å². The first kappa shape index (κ1) is 20.5. The van der Waals surface area contributed by atoms with Crippen LogP contribution < -0.4 is 10.6 Å². The van der Waals surface area contributed by atoms with Crippen molar-refractivity contribution in [2.45, 2.75) is 67.0 Å². The Balaban J connectivity index is 2.50. The largest absolute Gasteiger partial charge is 0.361 e. The van der Waals surface area contributed by atoms with E-state index in [1.165, 1.54) is 5.56 Å². The fraction of sp³-hybridized carbons (Fsp3) is 0.778. The van der Waals surface area contributed by atoms with E-state index in [0.29, 0.717) is 12.1 Å². The molecule has 6 heteroatoms. The number of aryl methyl sites for hydroxylation is 2. The van der Waals surface area contributed by atoms with Gasteiger partial charge in [-0.25, -0.2) is 0 Å². The number of hydrogen-bond donors (Lipinski definition) is 2. The van der Waals surface area contributed by atoms with Crippen LogP contribution in [0.2, 0.25) is 0 Å². The van der Waals surface area contributed by atoms with Crippen molar-refractivity contribution >= 4 is 5.96 Å². The average Bonchev–Trinajstić information content (AvgIpc) is 2.82. The summed E-state index contributed by atoms with van der Waals surface area (Å²) in [6, 6.07) is 1.07. The van der Waals surface area contributed by atoms with Crippen molar-refractivity contribution in [3.05, 3.63) is 17.0 Å². The van der Waals surface area contributed by atoms with Crippen molar-refractivity contribution in [3.8, 4) is 0 Å². The summed E-state index contributed by atoms with van der Waals surface area (Å²) >= 11 is 0. The molecule has 0 aliphatic carbocycles. The van der Waals surface area contributed by atoms with Crippen LogP contribution in [0, 0.1) is 13.8 Å². The van der Waals surface area contributed by atoms with Crippen LogP contribution in [-0.4, -0.2) is 54.3 Å². The summed E-state index contributed by atoms with van der Waals surface area (Å²) in [6.07, 6.45) is 0.885. The van der Waals surface area contributed by atoms with Crippen molar-refractivity contribution in [1.82, 2.24) is 20.7 Å². The Bertz CT molecular complexity index is 480. The van der Waals surface area contributed by atoms with Gasteiger partial charge in [-0.1, -0.05) is 5.16 Å². The maximum atomic E-state index is 5.21. The highest BCUT2D eigenvalue weighted by Gasteiger charge is 2.12. The van der Waals surface area contributed by atoms with Gasteiger partial charge in [0, 0.05) is 37.3 Å². The highest BCUT2D eigenvalue weighted by molar-refractivity contribution is 5.79. The average molecular weight is 338 g/mol. The second kappa shape index (κ2) is 10.3. The number of aliphatic imine (C=N–C) groups is 1. The lowest BCUT2D eigenvalue weighted by Gasteiger charge is -2.29. The van der Waals surface area contributed by atoms with Crippen LogP contribution in [0.15, 0.2) is 9.52 Å². The van der Waals surface area contributed by atoms with Crippen LogP contribution in [0.5, 0.6) is 0 Å². The molecule has 0 aliphatic rings. The number of nitrogens with one attached hydrogen (secondary N) is 2. The molecule has 24 heavy (non-hydrogen) atoms. The van der Waals surface area contributed by atoms with Gasteiger partial charge in [-0.05, 0) is 54.9 Å². The maximum Gasteiger partial charge on any atom is 0.191 e. The van der Waals surface area contributed by atoms with E-state index in [-0.39, 0.29) is 0 Å². The molecule has 1 heterocycles. The van der Waals surface area contributed by atoms with Crippen molar-refractivity contribution < 1.29 is 4.52 Å². The Hall–Kier alpha value is -1.56. The van der Waals surface area contributed by atoms with Gasteiger partial charge in [0.2, 0.25) is 0 Å². The third kappa shape index (κ3) is 6.51. The second-order valence-corrected chi connectivity index (χ2v) is 6.67. The predicted octanol–water partition coefficient (Wildman–Crippen LogP) is 2.51. The fourth-order valence-corrected chi connectivity index (χ4v) is 2.90. The summed E-state index contributed by atoms with van der Waals surface area (Å²) in [4.78, 5) is 7.15. The quantitative estimate of drug-likeness (QED) is 0.535. The molecular formula is C18H35N5O. The predicted molar refractivity (Wildman–Crippen MR) is 101 cm³/mol. The molecule has 0 aromatic carbocycles. The van der Waals surface area contributed by atoms with E-state index in [1.54, 1.807) is 0 Å². The molecule has 0 atom stereocenters. The van der Waals surface area contributed by atoms with Gasteiger partial charge < -0.3 is 15.2 Å². The molecule has 0 saturated carbocycles. The lowest BCUT2D eigenvalue weighted by atomic mass is 10.1. The van der Waals surface area contributed by atoms with Crippen LogP contribution in [0.3, 0.4) is 0 Å². The van der Waals surface area contributed by atoms with Crippen LogP contribution in [-0.2, 0) is 6.42 Å². The molecule has 0 saturated heterocycles. The summed E-state index contributed by atoms with van der Waals surface area (Å²) < 4.78 is 5.21. The lowest BCUT2D eigenvalue weighted by Crippen LogP contribution is -2.41. The normalized spacial score (nSPS) is 12.5. The smallest absolute Gasteiger partial charge is 0.191 e. The Morgan fingerprint density at radius 3 is 2.33 bits per heavy atom. The van der Waals surface area contributed by atoms with Crippen molar-refractivity contribution in [2.75, 3.05) is 26.2 Å². The molecule has 1 rings (SSSR count). The van der Waals surface area contributed by atoms with E-state index in [0.717, 1.165) is 50.0 Å². The molecule has 1 aromatic rings. The Labute approximate surface area is 147 Å². The molecule has 2 N–H and O–H groups in total. The molecule has 0 amide bonds. The van der Waals surface area contributed by atoms with Crippen molar-refractivity contribution in [3.63, 3.8) is 0 Å². The van der Waals surface area contributed by atoms with Gasteiger partial charge in [0.25, 0.3) is 0 Å². The van der Waals surface area contributed by atoms with Crippen LogP contribution >= 0.6 is 0 Å². The van der Waals surface area contributed by atoms with Crippen LogP contribution in [0.4, 0.5) is 0 Å². The number of guanidine groups is 1.